The van der Waals surface area contributed by atoms with Crippen LogP contribution in [0.5, 0.6) is 0 Å². The summed E-state index contributed by atoms with van der Waals surface area (Å²) in [4.78, 5) is 37.1. The molecule has 140 valence electrons. The van der Waals surface area contributed by atoms with Crippen molar-refractivity contribution in [3.63, 3.8) is 0 Å². The SMILES string of the molecule is O=C(c1cncc(N2CCC(C(=O)O)(c3ccccc3)C2)n1)N1CCCC1. The molecule has 1 unspecified atom stereocenters. The Morgan fingerprint density at radius 1 is 1.04 bits per heavy atom. The number of aromatic nitrogens is 2. The van der Waals surface area contributed by atoms with Gasteiger partial charge in [-0.15, -0.1) is 0 Å². The van der Waals surface area contributed by atoms with Crippen LogP contribution in [0.25, 0.3) is 0 Å². The first-order valence-corrected chi connectivity index (χ1v) is 9.25. The van der Waals surface area contributed by atoms with Crippen LogP contribution in [0, 0.1) is 0 Å². The van der Waals surface area contributed by atoms with Crippen molar-refractivity contribution in [3.8, 4) is 0 Å². The summed E-state index contributed by atoms with van der Waals surface area (Å²) < 4.78 is 0. The molecule has 0 spiro atoms. The number of benzene rings is 1. The minimum Gasteiger partial charge on any atom is -0.481 e. The Morgan fingerprint density at radius 2 is 1.78 bits per heavy atom. The van der Waals surface area contributed by atoms with Crippen molar-refractivity contribution in [2.75, 3.05) is 31.1 Å². The topological polar surface area (TPSA) is 86.6 Å². The van der Waals surface area contributed by atoms with E-state index in [-0.39, 0.29) is 5.91 Å². The van der Waals surface area contributed by atoms with Gasteiger partial charge >= 0.3 is 5.97 Å². The van der Waals surface area contributed by atoms with Gasteiger partial charge in [0.1, 0.15) is 16.9 Å². The lowest BCUT2D eigenvalue weighted by Crippen LogP contribution is -2.39. The van der Waals surface area contributed by atoms with Crippen molar-refractivity contribution in [1.29, 1.82) is 0 Å². The normalized spacial score (nSPS) is 22.2. The van der Waals surface area contributed by atoms with E-state index in [2.05, 4.69) is 9.97 Å². The van der Waals surface area contributed by atoms with Crippen molar-refractivity contribution in [2.45, 2.75) is 24.7 Å². The molecular weight excluding hydrogens is 344 g/mol. The number of likely N-dealkylation sites (tertiary alicyclic amines) is 1. The number of carboxylic acids is 1. The molecule has 2 aliphatic heterocycles. The predicted octanol–water partition coefficient (Wildman–Crippen LogP) is 1.95. The quantitative estimate of drug-likeness (QED) is 0.890. The molecule has 0 saturated carbocycles. The van der Waals surface area contributed by atoms with E-state index in [1.54, 1.807) is 11.1 Å². The number of nitrogens with zero attached hydrogens (tertiary/aromatic N) is 4. The maximum atomic E-state index is 12.6. The van der Waals surface area contributed by atoms with Crippen molar-refractivity contribution >= 4 is 17.7 Å². The van der Waals surface area contributed by atoms with E-state index < -0.39 is 11.4 Å². The van der Waals surface area contributed by atoms with Gasteiger partial charge in [0.25, 0.3) is 5.91 Å². The lowest BCUT2D eigenvalue weighted by molar-refractivity contribution is -0.143. The van der Waals surface area contributed by atoms with Gasteiger partial charge in [-0.25, -0.2) is 4.98 Å². The number of aliphatic carboxylic acids is 1. The second kappa shape index (κ2) is 6.98. The fraction of sp³-hybridized carbons (Fsp3) is 0.400. The zero-order chi connectivity index (χ0) is 18.9. The first-order valence-electron chi connectivity index (χ1n) is 9.25. The number of carbonyl (C=O) groups is 2. The molecule has 0 radical (unpaired) electrons. The van der Waals surface area contributed by atoms with Crippen LogP contribution in [-0.4, -0.2) is 58.0 Å². The van der Waals surface area contributed by atoms with E-state index in [1.807, 2.05) is 35.2 Å². The summed E-state index contributed by atoms with van der Waals surface area (Å²) >= 11 is 0. The van der Waals surface area contributed by atoms with E-state index in [1.165, 1.54) is 6.20 Å². The molecule has 27 heavy (non-hydrogen) atoms. The zero-order valence-corrected chi connectivity index (χ0v) is 15.0. The molecule has 0 aliphatic carbocycles. The minimum atomic E-state index is -0.974. The molecule has 4 rings (SSSR count). The fourth-order valence-electron chi connectivity index (χ4n) is 3.99. The second-order valence-corrected chi connectivity index (χ2v) is 7.19. The molecule has 2 aliphatic rings. The minimum absolute atomic E-state index is 0.103. The Labute approximate surface area is 157 Å². The van der Waals surface area contributed by atoms with Gasteiger partial charge in [0.2, 0.25) is 0 Å². The van der Waals surface area contributed by atoms with Gasteiger partial charge < -0.3 is 14.9 Å². The van der Waals surface area contributed by atoms with Crippen molar-refractivity contribution in [2.24, 2.45) is 0 Å². The molecule has 1 atom stereocenters. The summed E-state index contributed by atoms with van der Waals surface area (Å²) in [6.07, 6.45) is 5.61. The van der Waals surface area contributed by atoms with Gasteiger partial charge in [0.05, 0.1) is 12.4 Å². The molecule has 7 nitrogen and oxygen atoms in total. The number of amides is 1. The predicted molar refractivity (Wildman–Crippen MR) is 99.8 cm³/mol. The largest absolute Gasteiger partial charge is 0.481 e. The van der Waals surface area contributed by atoms with Crippen molar-refractivity contribution < 1.29 is 14.7 Å². The zero-order valence-electron chi connectivity index (χ0n) is 15.0. The molecule has 7 heteroatoms. The summed E-state index contributed by atoms with van der Waals surface area (Å²) in [5.41, 5.74) is 0.136. The highest BCUT2D eigenvalue weighted by Crippen LogP contribution is 2.36. The highest BCUT2D eigenvalue weighted by Gasteiger charge is 2.46. The van der Waals surface area contributed by atoms with E-state index in [4.69, 9.17) is 0 Å². The molecule has 1 N–H and O–H groups in total. The Balaban J connectivity index is 1.59. The lowest BCUT2D eigenvalue weighted by Gasteiger charge is -2.25. The Hall–Kier alpha value is -2.96. The van der Waals surface area contributed by atoms with Crippen LogP contribution in [0.3, 0.4) is 0 Å². The number of carbonyl (C=O) groups excluding carboxylic acids is 1. The van der Waals surface area contributed by atoms with Gasteiger partial charge in [-0.3, -0.25) is 14.6 Å². The van der Waals surface area contributed by atoms with Crippen LogP contribution in [-0.2, 0) is 10.2 Å². The highest BCUT2D eigenvalue weighted by atomic mass is 16.4. The number of hydrogen-bond acceptors (Lipinski definition) is 5. The van der Waals surface area contributed by atoms with E-state index in [9.17, 15) is 14.7 Å². The Bertz CT molecular complexity index is 851. The first kappa shape index (κ1) is 17.5. The first-order chi connectivity index (χ1) is 13.1. The van der Waals surface area contributed by atoms with Crippen LogP contribution in [0.4, 0.5) is 5.82 Å². The van der Waals surface area contributed by atoms with E-state index in [0.29, 0.717) is 31.0 Å². The Kier molecular flexibility index (Phi) is 4.51. The van der Waals surface area contributed by atoms with Gasteiger partial charge in [-0.2, -0.15) is 0 Å². The summed E-state index contributed by atoms with van der Waals surface area (Å²) in [5.74, 6) is -0.388. The smallest absolute Gasteiger partial charge is 0.316 e. The highest BCUT2D eigenvalue weighted by molar-refractivity contribution is 5.92. The fourth-order valence-corrected chi connectivity index (χ4v) is 3.99. The standard InChI is InChI=1S/C20H22N4O3/c25-18(23-9-4-5-10-23)16-12-21-13-17(22-16)24-11-8-20(14-24,19(26)27)15-6-2-1-3-7-15/h1-3,6-7,12-13H,4-5,8-11,14H2,(H,26,27). The van der Waals surface area contributed by atoms with Crippen LogP contribution in [0.15, 0.2) is 42.7 Å². The van der Waals surface area contributed by atoms with Gasteiger partial charge in [-0.05, 0) is 24.8 Å². The summed E-state index contributed by atoms with van der Waals surface area (Å²) in [6.45, 7) is 2.37. The number of anilines is 1. The maximum Gasteiger partial charge on any atom is 0.316 e. The van der Waals surface area contributed by atoms with Crippen molar-refractivity contribution in [1.82, 2.24) is 14.9 Å². The Morgan fingerprint density at radius 3 is 2.48 bits per heavy atom. The lowest BCUT2D eigenvalue weighted by atomic mass is 9.80. The third-order valence-electron chi connectivity index (χ3n) is 5.56. The van der Waals surface area contributed by atoms with Crippen molar-refractivity contribution in [3.05, 3.63) is 54.0 Å². The summed E-state index contributed by atoms with van der Waals surface area (Å²) in [7, 11) is 0. The van der Waals surface area contributed by atoms with Gasteiger partial charge in [0, 0.05) is 26.2 Å². The molecular formula is C20H22N4O3. The van der Waals surface area contributed by atoms with Crippen LogP contribution in [0.1, 0.15) is 35.3 Å². The van der Waals surface area contributed by atoms with Crippen LogP contribution < -0.4 is 4.90 Å². The average molecular weight is 366 g/mol. The van der Waals surface area contributed by atoms with Gasteiger partial charge in [0.15, 0.2) is 0 Å². The molecule has 2 saturated heterocycles. The number of rotatable bonds is 4. The summed E-state index contributed by atoms with van der Waals surface area (Å²) in [6, 6.07) is 9.31. The molecule has 2 aromatic rings. The third-order valence-corrected chi connectivity index (χ3v) is 5.56. The van der Waals surface area contributed by atoms with E-state index >= 15 is 0 Å². The molecule has 2 fully saturated rings. The maximum absolute atomic E-state index is 12.6. The molecule has 1 aromatic heterocycles. The van der Waals surface area contributed by atoms with Crippen LogP contribution >= 0.6 is 0 Å². The number of hydrogen-bond donors (Lipinski definition) is 1. The number of carboxylic acid groups (broad SMARTS) is 1. The molecule has 3 heterocycles. The van der Waals surface area contributed by atoms with Gasteiger partial charge in [-0.1, -0.05) is 30.3 Å². The molecule has 0 bridgehead atoms. The third kappa shape index (κ3) is 3.13. The second-order valence-electron chi connectivity index (χ2n) is 7.19. The van der Waals surface area contributed by atoms with Crippen LogP contribution in [0.2, 0.25) is 0 Å². The summed E-state index contributed by atoms with van der Waals surface area (Å²) in [5, 5.41) is 9.94. The monoisotopic (exact) mass is 366 g/mol. The van der Waals surface area contributed by atoms with E-state index in [0.717, 1.165) is 31.5 Å². The molecule has 1 amide bonds. The average Bonchev–Trinajstić information content (AvgIpc) is 3.39. The molecule has 1 aromatic carbocycles.